The fourth-order valence-electron chi connectivity index (χ4n) is 1.52. The molecule has 0 aliphatic heterocycles. The Morgan fingerprint density at radius 3 is 2.83 bits per heavy atom. The number of aromatic nitrogens is 3. The topological polar surface area (TPSA) is 59.8 Å². The molecule has 0 saturated carbocycles. The molecule has 18 heavy (non-hydrogen) atoms. The average Bonchev–Trinajstić information content (AvgIpc) is 2.76. The Kier molecular flexibility index (Phi) is 3.76. The van der Waals surface area contributed by atoms with Crippen molar-refractivity contribution in [3.63, 3.8) is 0 Å². The zero-order valence-corrected chi connectivity index (χ0v) is 11.7. The fourth-order valence-corrected chi connectivity index (χ4v) is 1.63. The van der Waals surface area contributed by atoms with Crippen molar-refractivity contribution in [1.29, 1.82) is 0 Å². The van der Waals surface area contributed by atoms with E-state index in [4.69, 9.17) is 0 Å². The summed E-state index contributed by atoms with van der Waals surface area (Å²) in [5.74, 6) is 1.37. The van der Waals surface area contributed by atoms with Crippen LogP contribution in [0.15, 0.2) is 30.7 Å². The summed E-state index contributed by atoms with van der Waals surface area (Å²) in [4.78, 5) is 19.9. The number of hydrogen-bond acceptors (Lipinski definition) is 3. The minimum Gasteiger partial charge on any atom is -0.322 e. The maximum absolute atomic E-state index is 11.7. The van der Waals surface area contributed by atoms with Gasteiger partial charge in [-0.1, -0.05) is 15.9 Å². The molecule has 6 heteroatoms. The van der Waals surface area contributed by atoms with Gasteiger partial charge < -0.3 is 5.32 Å². The second-order valence-corrected chi connectivity index (χ2v) is 5.20. The lowest BCUT2D eigenvalue weighted by atomic mass is 10.3. The van der Waals surface area contributed by atoms with Crippen molar-refractivity contribution in [3.05, 3.63) is 36.5 Å². The Bertz CT molecular complexity index is 565. The summed E-state index contributed by atoms with van der Waals surface area (Å²) < 4.78 is 1.83. The van der Waals surface area contributed by atoms with Crippen LogP contribution in [-0.2, 0) is 4.79 Å². The maximum Gasteiger partial charge on any atom is 0.237 e. The Hall–Kier alpha value is -1.69. The fraction of sp³-hybridized carbons (Fsp3) is 0.250. The number of pyridine rings is 1. The first kappa shape index (κ1) is 12.8. The van der Waals surface area contributed by atoms with E-state index < -0.39 is 0 Å². The third kappa shape index (κ3) is 2.59. The van der Waals surface area contributed by atoms with Gasteiger partial charge in [-0.15, -0.1) is 0 Å². The monoisotopic (exact) mass is 308 g/mol. The van der Waals surface area contributed by atoms with E-state index in [1.54, 1.807) is 25.4 Å². The van der Waals surface area contributed by atoms with Gasteiger partial charge in [0, 0.05) is 18.6 Å². The van der Waals surface area contributed by atoms with Crippen LogP contribution in [-0.4, -0.2) is 25.3 Å². The Labute approximate surface area is 113 Å². The summed E-state index contributed by atoms with van der Waals surface area (Å²) in [5, 5.41) is 2.83. The first-order valence-electron chi connectivity index (χ1n) is 5.50. The number of carbonyl (C=O) groups is 1. The predicted molar refractivity (Wildman–Crippen MR) is 73.1 cm³/mol. The van der Waals surface area contributed by atoms with Gasteiger partial charge in [0.2, 0.25) is 5.91 Å². The number of carbonyl (C=O) groups excluding carboxylic acids is 1. The number of aryl methyl sites for hydroxylation is 1. The van der Waals surface area contributed by atoms with Crippen molar-refractivity contribution < 1.29 is 4.79 Å². The van der Waals surface area contributed by atoms with E-state index in [2.05, 4.69) is 31.2 Å². The van der Waals surface area contributed by atoms with Crippen molar-refractivity contribution >= 4 is 27.5 Å². The molecule has 0 bridgehead atoms. The van der Waals surface area contributed by atoms with Crippen LogP contribution in [0, 0.1) is 6.92 Å². The van der Waals surface area contributed by atoms with E-state index in [-0.39, 0.29) is 10.7 Å². The van der Waals surface area contributed by atoms with Gasteiger partial charge in [-0.05, 0) is 26.0 Å². The van der Waals surface area contributed by atoms with Crippen LogP contribution < -0.4 is 5.32 Å². The largest absolute Gasteiger partial charge is 0.322 e. The number of hydrogen-bond donors (Lipinski definition) is 1. The summed E-state index contributed by atoms with van der Waals surface area (Å²) in [5.41, 5.74) is 0.662. The molecule has 0 aromatic carbocycles. The summed E-state index contributed by atoms with van der Waals surface area (Å²) in [6.45, 7) is 3.65. The van der Waals surface area contributed by atoms with E-state index in [0.29, 0.717) is 11.5 Å². The van der Waals surface area contributed by atoms with Gasteiger partial charge in [0.15, 0.2) is 5.82 Å². The number of imidazole rings is 1. The maximum atomic E-state index is 11.7. The molecule has 0 spiro atoms. The second kappa shape index (κ2) is 5.30. The Morgan fingerprint density at radius 2 is 2.22 bits per heavy atom. The molecule has 1 amide bonds. The van der Waals surface area contributed by atoms with Gasteiger partial charge in [-0.2, -0.15) is 0 Å². The molecule has 0 radical (unpaired) electrons. The molecular weight excluding hydrogens is 296 g/mol. The van der Waals surface area contributed by atoms with Crippen molar-refractivity contribution in [2.75, 3.05) is 5.32 Å². The van der Waals surface area contributed by atoms with Crippen molar-refractivity contribution in [2.45, 2.75) is 18.7 Å². The Morgan fingerprint density at radius 1 is 1.44 bits per heavy atom. The zero-order valence-electron chi connectivity index (χ0n) is 10.1. The molecule has 1 atom stereocenters. The highest BCUT2D eigenvalue weighted by Crippen LogP contribution is 2.19. The van der Waals surface area contributed by atoms with E-state index in [0.717, 1.165) is 5.82 Å². The number of nitrogens with one attached hydrogen (secondary N) is 1. The van der Waals surface area contributed by atoms with E-state index in [1.165, 1.54) is 0 Å². The normalized spacial score (nSPS) is 12.2. The van der Waals surface area contributed by atoms with Crippen LogP contribution in [0.4, 0.5) is 5.69 Å². The van der Waals surface area contributed by atoms with Crippen molar-refractivity contribution in [3.8, 4) is 5.82 Å². The van der Waals surface area contributed by atoms with Crippen molar-refractivity contribution in [1.82, 2.24) is 14.5 Å². The van der Waals surface area contributed by atoms with Gasteiger partial charge >= 0.3 is 0 Å². The van der Waals surface area contributed by atoms with Crippen molar-refractivity contribution in [2.24, 2.45) is 0 Å². The molecule has 1 unspecified atom stereocenters. The van der Waals surface area contributed by atoms with Gasteiger partial charge in [-0.25, -0.2) is 9.97 Å². The van der Waals surface area contributed by atoms with Crippen LogP contribution in [0.5, 0.6) is 0 Å². The molecular formula is C12H13BrN4O. The summed E-state index contributed by atoms with van der Waals surface area (Å²) >= 11 is 3.23. The van der Waals surface area contributed by atoms with Gasteiger partial charge in [0.1, 0.15) is 5.82 Å². The minimum absolute atomic E-state index is 0.109. The summed E-state index contributed by atoms with van der Waals surface area (Å²) in [6, 6.07) is 3.60. The van der Waals surface area contributed by atoms with Crippen LogP contribution in [0.1, 0.15) is 12.7 Å². The third-order valence-corrected chi connectivity index (χ3v) is 2.88. The number of anilines is 1. The van der Waals surface area contributed by atoms with Crippen LogP contribution in [0.3, 0.4) is 0 Å². The third-order valence-electron chi connectivity index (χ3n) is 2.46. The van der Waals surface area contributed by atoms with Crippen LogP contribution in [0.2, 0.25) is 0 Å². The molecule has 0 aliphatic rings. The molecule has 0 saturated heterocycles. The summed E-state index contributed by atoms with van der Waals surface area (Å²) in [7, 11) is 0. The molecule has 0 aliphatic carbocycles. The molecule has 94 valence electrons. The lowest BCUT2D eigenvalue weighted by molar-refractivity contribution is -0.115. The van der Waals surface area contributed by atoms with E-state index >= 15 is 0 Å². The molecule has 2 heterocycles. The molecule has 5 nitrogen and oxygen atoms in total. The number of nitrogens with zero attached hydrogens (tertiary/aromatic N) is 3. The lowest BCUT2D eigenvalue weighted by Gasteiger charge is -2.12. The quantitative estimate of drug-likeness (QED) is 0.885. The highest BCUT2D eigenvalue weighted by Gasteiger charge is 2.13. The second-order valence-electron chi connectivity index (χ2n) is 3.82. The number of amides is 1. The van der Waals surface area contributed by atoms with Crippen LogP contribution in [0.25, 0.3) is 5.82 Å². The zero-order chi connectivity index (χ0) is 13.1. The summed E-state index contributed by atoms with van der Waals surface area (Å²) in [6.07, 6.45) is 5.19. The van der Waals surface area contributed by atoms with Crippen LogP contribution >= 0.6 is 15.9 Å². The van der Waals surface area contributed by atoms with E-state index in [1.807, 2.05) is 23.8 Å². The molecule has 2 aromatic heterocycles. The molecule has 1 N–H and O–H groups in total. The van der Waals surface area contributed by atoms with Gasteiger partial charge in [0.25, 0.3) is 0 Å². The number of rotatable bonds is 3. The SMILES string of the molecule is Cc1nccn1-c1ncccc1NC(=O)C(C)Br. The Balaban J connectivity index is 2.38. The average molecular weight is 309 g/mol. The predicted octanol–water partition coefficient (Wildman–Crippen LogP) is 2.30. The smallest absolute Gasteiger partial charge is 0.237 e. The molecule has 2 aromatic rings. The number of halogens is 1. The minimum atomic E-state index is -0.255. The van der Waals surface area contributed by atoms with E-state index in [9.17, 15) is 4.79 Å². The van der Waals surface area contributed by atoms with Gasteiger partial charge in [-0.3, -0.25) is 9.36 Å². The van der Waals surface area contributed by atoms with Gasteiger partial charge in [0.05, 0.1) is 10.5 Å². The molecule has 0 fully saturated rings. The standard InChI is InChI=1S/C12H13BrN4O/c1-8(13)12(18)16-10-4-3-5-15-11(10)17-7-6-14-9(17)2/h3-8H,1-2H3,(H,16,18). The molecule has 2 rings (SSSR count). The first-order chi connectivity index (χ1) is 8.59. The highest BCUT2D eigenvalue weighted by molar-refractivity contribution is 9.10. The highest BCUT2D eigenvalue weighted by atomic mass is 79.9. The lowest BCUT2D eigenvalue weighted by Crippen LogP contribution is -2.21. The number of alkyl halides is 1. The first-order valence-corrected chi connectivity index (χ1v) is 6.41.